The molecule has 1 atom stereocenters. The van der Waals surface area contributed by atoms with Gasteiger partial charge in [-0.2, -0.15) is 0 Å². The van der Waals surface area contributed by atoms with Gasteiger partial charge in [0.2, 0.25) is 0 Å². The van der Waals surface area contributed by atoms with Crippen LogP contribution >= 0.6 is 24.8 Å². The zero-order valence-corrected chi connectivity index (χ0v) is 15.6. The second kappa shape index (κ2) is 10.7. The van der Waals surface area contributed by atoms with E-state index >= 15 is 0 Å². The van der Waals surface area contributed by atoms with Crippen molar-refractivity contribution in [3.05, 3.63) is 48.8 Å². The molecule has 7 nitrogen and oxygen atoms in total. The van der Waals surface area contributed by atoms with E-state index in [0.717, 1.165) is 6.54 Å². The number of halogens is 2. The summed E-state index contributed by atoms with van der Waals surface area (Å²) in [6.45, 7) is 2.41. The topological polar surface area (TPSA) is 86.7 Å². The highest BCUT2D eigenvalue weighted by Crippen LogP contribution is 2.16. The van der Waals surface area contributed by atoms with E-state index < -0.39 is 0 Å². The first kappa shape index (κ1) is 21.8. The first-order chi connectivity index (χ1) is 11.7. The molecule has 9 heteroatoms. The third-order valence-electron chi connectivity index (χ3n) is 3.81. The molecule has 0 radical (unpaired) electrons. The number of carbonyl (C=O) groups excluding carboxylic acids is 1. The van der Waals surface area contributed by atoms with Gasteiger partial charge in [-0.25, -0.2) is 4.79 Å². The van der Waals surface area contributed by atoms with E-state index in [9.17, 15) is 9.90 Å². The van der Waals surface area contributed by atoms with Crippen molar-refractivity contribution in [2.45, 2.75) is 6.04 Å². The molecular weight excluding hydrogens is 379 g/mol. The quantitative estimate of drug-likeness (QED) is 0.686. The summed E-state index contributed by atoms with van der Waals surface area (Å²) in [6.07, 6.45) is 3.34. The second-order valence-electron chi connectivity index (χ2n) is 5.53. The standard InChI is InChI=1S/C17H20N4O3.2ClH/c22-15-5-3-13(4-6-15)20-17(23)21-9-8-19-10-14(21)12-24-16-2-1-7-18-11-16;;/h1-7,11,14,19,22H,8-10,12H2,(H,20,23);2*1H/t14-;;/m1../s1. The van der Waals surface area contributed by atoms with Gasteiger partial charge in [0.15, 0.2) is 0 Å². The van der Waals surface area contributed by atoms with Gasteiger partial charge in [0.05, 0.1) is 12.2 Å². The van der Waals surface area contributed by atoms with Gasteiger partial charge in [-0.1, -0.05) is 0 Å². The van der Waals surface area contributed by atoms with Gasteiger partial charge in [0.25, 0.3) is 0 Å². The molecule has 3 rings (SSSR count). The minimum absolute atomic E-state index is 0. The average molecular weight is 401 g/mol. The van der Waals surface area contributed by atoms with Crippen LogP contribution in [0.15, 0.2) is 48.8 Å². The van der Waals surface area contributed by atoms with Crippen LogP contribution in [0.25, 0.3) is 0 Å². The molecule has 26 heavy (non-hydrogen) atoms. The van der Waals surface area contributed by atoms with Crippen molar-refractivity contribution < 1.29 is 14.6 Å². The molecule has 0 spiro atoms. The number of ether oxygens (including phenoxy) is 1. The fourth-order valence-electron chi connectivity index (χ4n) is 2.54. The zero-order chi connectivity index (χ0) is 16.8. The summed E-state index contributed by atoms with van der Waals surface area (Å²) in [5.41, 5.74) is 0.642. The molecule has 2 amide bonds. The Balaban J connectivity index is 0.00000169. The predicted molar refractivity (Wildman–Crippen MR) is 105 cm³/mol. The van der Waals surface area contributed by atoms with Crippen LogP contribution in [-0.4, -0.2) is 53.3 Å². The lowest BCUT2D eigenvalue weighted by Crippen LogP contribution is -2.57. The molecule has 1 saturated heterocycles. The average Bonchev–Trinajstić information content (AvgIpc) is 2.63. The van der Waals surface area contributed by atoms with Crippen LogP contribution in [0, 0.1) is 0 Å². The Bertz CT molecular complexity index is 673. The molecule has 1 aliphatic rings. The number of rotatable bonds is 4. The SMILES string of the molecule is Cl.Cl.O=C(Nc1ccc(O)cc1)N1CCNC[C@@H]1COc1cccnc1. The van der Waals surface area contributed by atoms with Crippen LogP contribution in [-0.2, 0) is 0 Å². The van der Waals surface area contributed by atoms with Gasteiger partial charge in [-0.15, -0.1) is 24.8 Å². The Kier molecular flexibility index (Phi) is 8.98. The lowest BCUT2D eigenvalue weighted by Gasteiger charge is -2.35. The molecule has 0 bridgehead atoms. The van der Waals surface area contributed by atoms with Crippen molar-refractivity contribution in [1.29, 1.82) is 0 Å². The number of amides is 2. The molecule has 1 fully saturated rings. The van der Waals surface area contributed by atoms with Gasteiger partial charge >= 0.3 is 6.03 Å². The number of piperazine rings is 1. The number of nitrogens with zero attached hydrogens (tertiary/aromatic N) is 2. The Morgan fingerprint density at radius 3 is 2.77 bits per heavy atom. The maximum absolute atomic E-state index is 12.5. The zero-order valence-electron chi connectivity index (χ0n) is 14.0. The summed E-state index contributed by atoms with van der Waals surface area (Å²) in [7, 11) is 0. The third-order valence-corrected chi connectivity index (χ3v) is 3.81. The molecule has 3 N–H and O–H groups in total. The molecule has 142 valence electrons. The van der Waals surface area contributed by atoms with E-state index in [1.54, 1.807) is 29.4 Å². The minimum Gasteiger partial charge on any atom is -0.508 e. The number of urea groups is 1. The summed E-state index contributed by atoms with van der Waals surface area (Å²) in [5.74, 6) is 0.847. The maximum atomic E-state index is 12.5. The summed E-state index contributed by atoms with van der Waals surface area (Å²) in [5, 5.41) is 15.4. The van der Waals surface area contributed by atoms with E-state index in [-0.39, 0.29) is 42.6 Å². The highest BCUT2D eigenvalue weighted by molar-refractivity contribution is 5.89. The fraction of sp³-hybridized carbons (Fsp3) is 0.294. The highest BCUT2D eigenvalue weighted by atomic mass is 35.5. The van der Waals surface area contributed by atoms with Gasteiger partial charge in [-0.3, -0.25) is 4.98 Å². The number of carbonyl (C=O) groups is 1. The van der Waals surface area contributed by atoms with Crippen molar-refractivity contribution in [1.82, 2.24) is 15.2 Å². The Labute approximate surface area is 164 Å². The molecule has 0 unspecified atom stereocenters. The number of benzene rings is 1. The van der Waals surface area contributed by atoms with Crippen molar-refractivity contribution in [3.8, 4) is 11.5 Å². The fourth-order valence-corrected chi connectivity index (χ4v) is 2.54. The van der Waals surface area contributed by atoms with Crippen LogP contribution in [0.3, 0.4) is 0 Å². The molecule has 1 aromatic heterocycles. The van der Waals surface area contributed by atoms with E-state index in [1.807, 2.05) is 12.1 Å². The van der Waals surface area contributed by atoms with Gasteiger partial charge < -0.3 is 25.4 Å². The third kappa shape index (κ3) is 5.94. The summed E-state index contributed by atoms with van der Waals surface area (Å²) in [6, 6.07) is 9.80. The number of aromatic nitrogens is 1. The van der Waals surface area contributed by atoms with E-state index in [0.29, 0.717) is 31.1 Å². The number of hydrogen-bond acceptors (Lipinski definition) is 5. The van der Waals surface area contributed by atoms with Crippen LogP contribution < -0.4 is 15.4 Å². The monoisotopic (exact) mass is 400 g/mol. The molecule has 1 aromatic carbocycles. The lowest BCUT2D eigenvalue weighted by atomic mass is 10.2. The van der Waals surface area contributed by atoms with Crippen LogP contribution in [0.5, 0.6) is 11.5 Å². The Hall–Kier alpha value is -2.22. The summed E-state index contributed by atoms with van der Waals surface area (Å²) < 4.78 is 5.73. The van der Waals surface area contributed by atoms with Crippen LogP contribution in [0.2, 0.25) is 0 Å². The van der Waals surface area contributed by atoms with Gasteiger partial charge in [0, 0.05) is 31.5 Å². The summed E-state index contributed by atoms with van der Waals surface area (Å²) in [4.78, 5) is 18.3. The first-order valence-electron chi connectivity index (χ1n) is 7.82. The predicted octanol–water partition coefficient (Wildman–Crippen LogP) is 2.52. The number of hydrogen-bond donors (Lipinski definition) is 3. The number of pyridine rings is 1. The normalized spacial score (nSPS) is 16.0. The van der Waals surface area contributed by atoms with Gasteiger partial charge in [-0.05, 0) is 36.4 Å². The van der Waals surface area contributed by atoms with Crippen molar-refractivity contribution in [2.24, 2.45) is 0 Å². The van der Waals surface area contributed by atoms with E-state index in [1.165, 1.54) is 12.1 Å². The van der Waals surface area contributed by atoms with Crippen molar-refractivity contribution >= 4 is 36.5 Å². The number of aromatic hydroxyl groups is 1. The first-order valence-corrected chi connectivity index (χ1v) is 7.82. The molecule has 2 heterocycles. The smallest absolute Gasteiger partial charge is 0.322 e. The number of nitrogens with one attached hydrogen (secondary N) is 2. The van der Waals surface area contributed by atoms with E-state index in [4.69, 9.17) is 4.74 Å². The lowest BCUT2D eigenvalue weighted by molar-refractivity contribution is 0.133. The van der Waals surface area contributed by atoms with Crippen LogP contribution in [0.1, 0.15) is 0 Å². The van der Waals surface area contributed by atoms with Crippen molar-refractivity contribution in [3.63, 3.8) is 0 Å². The Morgan fingerprint density at radius 2 is 2.08 bits per heavy atom. The highest BCUT2D eigenvalue weighted by Gasteiger charge is 2.27. The minimum atomic E-state index is -0.179. The number of anilines is 1. The summed E-state index contributed by atoms with van der Waals surface area (Å²) >= 11 is 0. The molecule has 1 aliphatic heterocycles. The molecule has 0 aliphatic carbocycles. The Morgan fingerprint density at radius 1 is 1.31 bits per heavy atom. The molecular formula is C17H22Cl2N4O3. The maximum Gasteiger partial charge on any atom is 0.322 e. The second-order valence-corrected chi connectivity index (χ2v) is 5.53. The largest absolute Gasteiger partial charge is 0.508 e. The molecule has 2 aromatic rings. The molecule has 0 saturated carbocycles. The van der Waals surface area contributed by atoms with Gasteiger partial charge in [0.1, 0.15) is 18.1 Å². The number of phenolic OH excluding ortho intramolecular Hbond substituents is 1. The van der Waals surface area contributed by atoms with Crippen molar-refractivity contribution in [2.75, 3.05) is 31.6 Å². The number of phenols is 1. The van der Waals surface area contributed by atoms with E-state index in [2.05, 4.69) is 15.6 Å². The van der Waals surface area contributed by atoms with Crippen LogP contribution in [0.4, 0.5) is 10.5 Å².